The van der Waals surface area contributed by atoms with E-state index in [1.54, 1.807) is 6.20 Å². The highest BCUT2D eigenvalue weighted by molar-refractivity contribution is 5.80. The summed E-state index contributed by atoms with van der Waals surface area (Å²) in [5.41, 5.74) is 3.47. The Labute approximate surface area is 183 Å². The first-order chi connectivity index (χ1) is 15.3. The molecule has 6 heteroatoms. The van der Waals surface area contributed by atoms with E-state index in [-0.39, 0.29) is 11.6 Å². The Kier molecular flexibility index (Phi) is 5.37. The molecular formula is C25H29N5O. The molecule has 0 saturated heterocycles. The topological polar surface area (TPSA) is 63.5 Å². The van der Waals surface area contributed by atoms with Crippen LogP contribution in [0.3, 0.4) is 0 Å². The molecule has 0 radical (unpaired) electrons. The molecule has 1 unspecified atom stereocenters. The molecular weight excluding hydrogens is 386 g/mol. The SMILES string of the molecule is CN=C(NCc1ccccc1-n1ccnc1)NC1CC2(CCCC2)Oc2ccccc21. The Balaban J connectivity index is 1.33. The number of benzene rings is 2. The summed E-state index contributed by atoms with van der Waals surface area (Å²) < 4.78 is 8.54. The van der Waals surface area contributed by atoms with Crippen LogP contribution in [0.1, 0.15) is 49.3 Å². The van der Waals surface area contributed by atoms with Gasteiger partial charge in [-0.15, -0.1) is 0 Å². The molecule has 3 aromatic rings. The number of guanidine groups is 1. The standard InChI is InChI=1S/C25H29N5O/c1-26-24(28-17-19-8-2-4-10-22(19)30-15-14-27-18-30)29-21-16-25(12-6-7-13-25)31-23-11-5-3-9-20(21)23/h2-5,8-11,14-15,18,21H,6-7,12-13,16-17H2,1H3,(H2,26,28,29). The Hall–Kier alpha value is -3.28. The van der Waals surface area contributed by atoms with Gasteiger partial charge in [0.15, 0.2) is 5.96 Å². The number of hydrogen-bond donors (Lipinski definition) is 2. The number of hydrogen-bond acceptors (Lipinski definition) is 3. The van der Waals surface area contributed by atoms with Crippen LogP contribution in [0.15, 0.2) is 72.2 Å². The highest BCUT2D eigenvalue weighted by atomic mass is 16.5. The molecule has 5 rings (SSSR count). The summed E-state index contributed by atoms with van der Waals surface area (Å²) in [7, 11) is 1.83. The average molecular weight is 416 g/mol. The molecule has 2 N–H and O–H groups in total. The minimum Gasteiger partial charge on any atom is -0.487 e. The summed E-state index contributed by atoms with van der Waals surface area (Å²) in [5.74, 6) is 1.81. The van der Waals surface area contributed by atoms with E-state index in [2.05, 4.69) is 63.1 Å². The molecule has 2 heterocycles. The van der Waals surface area contributed by atoms with E-state index in [9.17, 15) is 0 Å². The number of para-hydroxylation sites is 2. The minimum atomic E-state index is -0.0428. The quantitative estimate of drug-likeness (QED) is 0.491. The lowest BCUT2D eigenvalue weighted by molar-refractivity contribution is 0.0396. The van der Waals surface area contributed by atoms with Gasteiger partial charge in [-0.2, -0.15) is 0 Å². The monoisotopic (exact) mass is 415 g/mol. The predicted molar refractivity (Wildman–Crippen MR) is 123 cm³/mol. The highest BCUT2D eigenvalue weighted by Crippen LogP contribution is 2.46. The lowest BCUT2D eigenvalue weighted by Gasteiger charge is -2.40. The number of nitrogens with one attached hydrogen (secondary N) is 2. The van der Waals surface area contributed by atoms with Gasteiger partial charge in [-0.25, -0.2) is 4.98 Å². The zero-order valence-corrected chi connectivity index (χ0v) is 17.9. The van der Waals surface area contributed by atoms with Gasteiger partial charge >= 0.3 is 0 Å². The number of rotatable bonds is 4. The van der Waals surface area contributed by atoms with Gasteiger partial charge in [0, 0.05) is 38.0 Å². The van der Waals surface area contributed by atoms with Crippen LogP contribution < -0.4 is 15.4 Å². The molecule has 0 amide bonds. The number of fused-ring (bicyclic) bond motifs is 1. The predicted octanol–water partition coefficient (Wildman–Crippen LogP) is 4.37. The van der Waals surface area contributed by atoms with Crippen molar-refractivity contribution in [1.82, 2.24) is 20.2 Å². The molecule has 6 nitrogen and oxygen atoms in total. The van der Waals surface area contributed by atoms with E-state index in [1.165, 1.54) is 24.0 Å². The summed E-state index contributed by atoms with van der Waals surface area (Å²) in [5, 5.41) is 7.19. The van der Waals surface area contributed by atoms with Gasteiger partial charge < -0.3 is 19.9 Å². The number of aliphatic imine (C=N–C) groups is 1. The molecule has 1 fully saturated rings. The fraction of sp³-hybridized carbons (Fsp3) is 0.360. The summed E-state index contributed by atoms with van der Waals surface area (Å²) in [6, 6.07) is 16.9. The first kappa shape index (κ1) is 19.7. The van der Waals surface area contributed by atoms with Crippen LogP contribution >= 0.6 is 0 Å². The molecule has 1 aromatic heterocycles. The minimum absolute atomic E-state index is 0.0428. The van der Waals surface area contributed by atoms with E-state index in [0.717, 1.165) is 36.7 Å². The second-order valence-corrected chi connectivity index (χ2v) is 8.46. The zero-order valence-electron chi connectivity index (χ0n) is 17.9. The molecule has 2 aliphatic rings. The van der Waals surface area contributed by atoms with E-state index < -0.39 is 0 Å². The van der Waals surface area contributed by atoms with Crippen LogP contribution in [0.5, 0.6) is 5.75 Å². The van der Waals surface area contributed by atoms with E-state index in [0.29, 0.717) is 6.54 Å². The van der Waals surface area contributed by atoms with Crippen molar-refractivity contribution in [3.63, 3.8) is 0 Å². The Bertz CT molecular complexity index is 1050. The summed E-state index contributed by atoms with van der Waals surface area (Å²) in [6.07, 6.45) is 11.3. The molecule has 160 valence electrons. The van der Waals surface area contributed by atoms with Crippen LogP contribution in [0.25, 0.3) is 5.69 Å². The van der Waals surface area contributed by atoms with Crippen molar-refractivity contribution in [1.29, 1.82) is 0 Å². The summed E-state index contributed by atoms with van der Waals surface area (Å²) >= 11 is 0. The maximum atomic E-state index is 6.50. The van der Waals surface area contributed by atoms with Crippen LogP contribution in [0, 0.1) is 0 Å². The Morgan fingerprint density at radius 2 is 1.97 bits per heavy atom. The Morgan fingerprint density at radius 3 is 2.77 bits per heavy atom. The van der Waals surface area contributed by atoms with Crippen LogP contribution in [-0.4, -0.2) is 28.2 Å². The van der Waals surface area contributed by atoms with Gasteiger partial charge in [0.25, 0.3) is 0 Å². The lowest BCUT2D eigenvalue weighted by atomic mass is 9.86. The second-order valence-electron chi connectivity index (χ2n) is 8.46. The van der Waals surface area contributed by atoms with Gasteiger partial charge in [-0.3, -0.25) is 4.99 Å². The average Bonchev–Trinajstić information content (AvgIpc) is 3.49. The van der Waals surface area contributed by atoms with Crippen molar-refractivity contribution in [2.45, 2.75) is 50.3 Å². The molecule has 31 heavy (non-hydrogen) atoms. The molecule has 1 aliphatic carbocycles. The maximum absolute atomic E-state index is 6.50. The first-order valence-electron chi connectivity index (χ1n) is 11.1. The Morgan fingerprint density at radius 1 is 1.16 bits per heavy atom. The third-order valence-corrected chi connectivity index (χ3v) is 6.47. The van der Waals surface area contributed by atoms with Crippen molar-refractivity contribution >= 4 is 5.96 Å². The number of nitrogens with zero attached hydrogens (tertiary/aromatic N) is 3. The molecule has 1 aliphatic heterocycles. The van der Waals surface area contributed by atoms with Crippen molar-refractivity contribution in [3.8, 4) is 11.4 Å². The van der Waals surface area contributed by atoms with Crippen molar-refractivity contribution < 1.29 is 4.74 Å². The smallest absolute Gasteiger partial charge is 0.191 e. The fourth-order valence-electron chi connectivity index (χ4n) is 4.92. The molecule has 0 bridgehead atoms. The zero-order chi connectivity index (χ0) is 21.1. The van der Waals surface area contributed by atoms with Crippen LogP contribution in [-0.2, 0) is 6.54 Å². The van der Waals surface area contributed by atoms with Crippen LogP contribution in [0.2, 0.25) is 0 Å². The molecule has 1 saturated carbocycles. The van der Waals surface area contributed by atoms with Crippen LogP contribution in [0.4, 0.5) is 0 Å². The summed E-state index contributed by atoms with van der Waals surface area (Å²) in [4.78, 5) is 8.69. The van der Waals surface area contributed by atoms with Gasteiger partial charge in [-0.05, 0) is 43.4 Å². The number of aromatic nitrogens is 2. The lowest BCUT2D eigenvalue weighted by Crippen LogP contribution is -2.46. The van der Waals surface area contributed by atoms with Gasteiger partial charge in [0.2, 0.25) is 0 Å². The number of imidazole rings is 1. The third kappa shape index (κ3) is 4.02. The van der Waals surface area contributed by atoms with E-state index in [1.807, 2.05) is 30.2 Å². The first-order valence-corrected chi connectivity index (χ1v) is 11.1. The van der Waals surface area contributed by atoms with Crippen molar-refractivity contribution in [3.05, 3.63) is 78.4 Å². The van der Waals surface area contributed by atoms with Gasteiger partial charge in [-0.1, -0.05) is 36.4 Å². The normalized spacial score (nSPS) is 19.6. The van der Waals surface area contributed by atoms with Gasteiger partial charge in [0.1, 0.15) is 11.4 Å². The largest absolute Gasteiger partial charge is 0.487 e. The van der Waals surface area contributed by atoms with Crippen molar-refractivity contribution in [2.75, 3.05) is 7.05 Å². The molecule has 1 atom stereocenters. The molecule has 2 aromatic carbocycles. The van der Waals surface area contributed by atoms with E-state index >= 15 is 0 Å². The van der Waals surface area contributed by atoms with E-state index in [4.69, 9.17) is 4.74 Å². The summed E-state index contributed by atoms with van der Waals surface area (Å²) in [6.45, 7) is 0.671. The third-order valence-electron chi connectivity index (χ3n) is 6.47. The second kappa shape index (κ2) is 8.46. The number of ether oxygens (including phenoxy) is 1. The fourth-order valence-corrected chi connectivity index (χ4v) is 4.92. The van der Waals surface area contributed by atoms with Crippen molar-refractivity contribution in [2.24, 2.45) is 4.99 Å². The van der Waals surface area contributed by atoms with Gasteiger partial charge in [0.05, 0.1) is 18.1 Å². The molecule has 1 spiro atoms. The highest BCUT2D eigenvalue weighted by Gasteiger charge is 2.43. The maximum Gasteiger partial charge on any atom is 0.191 e.